The number of alkyl halides is 4. The minimum absolute atomic E-state index is 0.140. The molecule has 0 aromatic carbocycles. The molecule has 170 valence electrons. The van der Waals surface area contributed by atoms with Crippen molar-refractivity contribution in [3.63, 3.8) is 0 Å². The molecular formula is C20H28F4N2O4. The molecule has 0 radical (unpaired) electrons. The first-order chi connectivity index (χ1) is 13.6. The zero-order chi connectivity index (χ0) is 23.0. The largest absolute Gasteiger partial charge is 0.402 e. The normalized spacial score (nSPS) is 21.4. The second-order valence-electron chi connectivity index (χ2n) is 9.18. The lowest BCUT2D eigenvalue weighted by molar-refractivity contribution is -0.212. The summed E-state index contributed by atoms with van der Waals surface area (Å²) in [6.07, 6.45) is -3.34. The van der Waals surface area contributed by atoms with E-state index in [0.29, 0.717) is 33.1 Å². The smallest absolute Gasteiger partial charge is 0.363 e. The summed E-state index contributed by atoms with van der Waals surface area (Å²) in [6.45, 7) is 1.35. The molecule has 1 atom stereocenters. The third-order valence-corrected chi connectivity index (χ3v) is 6.57. The van der Waals surface area contributed by atoms with Crippen LogP contribution >= 0.6 is 0 Å². The summed E-state index contributed by atoms with van der Waals surface area (Å²) in [4.78, 5) is 48.8. The predicted molar refractivity (Wildman–Crippen MR) is 98.8 cm³/mol. The number of primary amides is 1. The number of hydrogen-bond donors (Lipinski definition) is 2. The number of rotatable bonds is 9. The summed E-state index contributed by atoms with van der Waals surface area (Å²) in [7, 11) is 0. The van der Waals surface area contributed by atoms with Crippen LogP contribution in [0.2, 0.25) is 0 Å². The van der Waals surface area contributed by atoms with Gasteiger partial charge in [-0.25, -0.2) is 4.39 Å². The van der Waals surface area contributed by atoms with Gasteiger partial charge < -0.3 is 11.1 Å². The summed E-state index contributed by atoms with van der Waals surface area (Å²) < 4.78 is 54.7. The van der Waals surface area contributed by atoms with Crippen LogP contribution in [0, 0.1) is 10.8 Å². The number of carbonyl (C=O) groups excluding carboxylic acids is 4. The van der Waals surface area contributed by atoms with Gasteiger partial charge in [0.25, 0.3) is 5.91 Å². The van der Waals surface area contributed by atoms with Crippen molar-refractivity contribution < 1.29 is 36.7 Å². The van der Waals surface area contributed by atoms with Gasteiger partial charge in [-0.3, -0.25) is 19.2 Å². The molecule has 2 fully saturated rings. The molecule has 10 heteroatoms. The van der Waals surface area contributed by atoms with Crippen molar-refractivity contribution in [2.24, 2.45) is 16.6 Å². The van der Waals surface area contributed by atoms with Gasteiger partial charge in [0.2, 0.25) is 11.7 Å². The Morgan fingerprint density at radius 2 is 1.53 bits per heavy atom. The van der Waals surface area contributed by atoms with Crippen molar-refractivity contribution in [3.8, 4) is 0 Å². The Balaban J connectivity index is 2.24. The van der Waals surface area contributed by atoms with Gasteiger partial charge in [0, 0.05) is 18.3 Å². The second kappa shape index (κ2) is 8.26. The van der Waals surface area contributed by atoms with E-state index >= 15 is 4.39 Å². The molecule has 6 nitrogen and oxygen atoms in total. The summed E-state index contributed by atoms with van der Waals surface area (Å²) in [5, 5.41) is 2.08. The van der Waals surface area contributed by atoms with Gasteiger partial charge in [-0.1, -0.05) is 19.3 Å². The summed E-state index contributed by atoms with van der Waals surface area (Å²) in [5.41, 5.74) is -0.818. The molecule has 1 unspecified atom stereocenters. The Labute approximate surface area is 172 Å². The maximum atomic E-state index is 15.1. The first kappa shape index (κ1) is 24.3. The van der Waals surface area contributed by atoms with E-state index < -0.39 is 64.9 Å². The minimum Gasteiger partial charge on any atom is -0.363 e. The van der Waals surface area contributed by atoms with Crippen molar-refractivity contribution in [1.82, 2.24) is 5.32 Å². The summed E-state index contributed by atoms with van der Waals surface area (Å²) >= 11 is 0. The molecular weight excluding hydrogens is 408 g/mol. The molecule has 2 saturated carbocycles. The second-order valence-corrected chi connectivity index (χ2v) is 9.18. The number of amides is 2. The molecule has 0 aromatic rings. The van der Waals surface area contributed by atoms with E-state index in [0.717, 1.165) is 0 Å². The third-order valence-electron chi connectivity index (χ3n) is 6.57. The van der Waals surface area contributed by atoms with Crippen LogP contribution in [-0.2, 0) is 19.2 Å². The van der Waals surface area contributed by atoms with E-state index in [1.807, 2.05) is 0 Å². The van der Waals surface area contributed by atoms with Crippen LogP contribution in [0.4, 0.5) is 17.6 Å². The molecule has 0 spiro atoms. The fourth-order valence-electron chi connectivity index (χ4n) is 4.10. The van der Waals surface area contributed by atoms with Crippen LogP contribution in [0.5, 0.6) is 0 Å². The minimum atomic E-state index is -4.87. The van der Waals surface area contributed by atoms with Gasteiger partial charge in [0.1, 0.15) is 11.1 Å². The first-order valence-electron chi connectivity index (χ1n) is 10.1. The van der Waals surface area contributed by atoms with Gasteiger partial charge in [0.05, 0.1) is 6.04 Å². The Morgan fingerprint density at radius 3 is 1.93 bits per heavy atom. The molecule has 2 aliphatic carbocycles. The average molecular weight is 436 g/mol. The quantitative estimate of drug-likeness (QED) is 0.428. The number of nitrogens with one attached hydrogen (secondary N) is 1. The van der Waals surface area contributed by atoms with Gasteiger partial charge in [-0.05, 0) is 39.5 Å². The highest BCUT2D eigenvalue weighted by atomic mass is 19.4. The van der Waals surface area contributed by atoms with Gasteiger partial charge in [0.15, 0.2) is 5.78 Å². The molecule has 0 heterocycles. The van der Waals surface area contributed by atoms with Crippen molar-refractivity contribution in [2.75, 3.05) is 0 Å². The van der Waals surface area contributed by atoms with Crippen molar-refractivity contribution >= 4 is 23.4 Å². The number of ketones is 2. The molecule has 2 amide bonds. The van der Waals surface area contributed by atoms with Crippen LogP contribution in [0.3, 0.4) is 0 Å². The maximum Gasteiger partial charge on any atom is 0.402 e. The van der Waals surface area contributed by atoms with Crippen LogP contribution in [0.15, 0.2) is 0 Å². The van der Waals surface area contributed by atoms with E-state index in [4.69, 9.17) is 5.73 Å². The molecule has 0 aliphatic heterocycles. The topological polar surface area (TPSA) is 106 Å². The fraction of sp³-hybridized carbons (Fsp3) is 0.800. The van der Waals surface area contributed by atoms with Crippen LogP contribution in [0.1, 0.15) is 71.6 Å². The highest BCUT2D eigenvalue weighted by Gasteiger charge is 2.54. The predicted octanol–water partition coefficient (Wildman–Crippen LogP) is 2.92. The number of nitrogens with two attached hydrogens (primary N) is 1. The van der Waals surface area contributed by atoms with Gasteiger partial charge in [-0.2, -0.15) is 13.2 Å². The standard InChI is InChI=1S/C20H28F4N2O4/c1-17(2,20(22,23)24)16(30)26-12(10-19(21)8-3-4-9-19)13(27)11-18(6-5-7-18)14(28)15(25)29/h12H,3-11H2,1-2H3,(H2,25,29)(H,26,30). The summed E-state index contributed by atoms with van der Waals surface area (Å²) in [5.74, 6) is -4.32. The van der Waals surface area contributed by atoms with Crippen molar-refractivity contribution in [1.29, 1.82) is 0 Å². The highest BCUT2D eigenvalue weighted by Crippen LogP contribution is 2.46. The molecule has 0 bridgehead atoms. The lowest BCUT2D eigenvalue weighted by Crippen LogP contribution is -2.55. The fourth-order valence-corrected chi connectivity index (χ4v) is 4.10. The Bertz CT molecular complexity index is 723. The Kier molecular flexibility index (Phi) is 6.68. The number of halogens is 4. The lowest BCUT2D eigenvalue weighted by atomic mass is 9.62. The number of Topliss-reactive ketones (excluding diaryl/α,β-unsaturated/α-hetero) is 2. The molecule has 30 heavy (non-hydrogen) atoms. The van der Waals surface area contributed by atoms with Gasteiger partial charge >= 0.3 is 6.18 Å². The molecule has 0 aromatic heterocycles. The SMILES string of the molecule is CC(C)(C(=O)NC(CC1(F)CCCC1)C(=O)CC1(C(=O)C(N)=O)CCC1)C(F)(F)F. The van der Waals surface area contributed by atoms with Gasteiger partial charge in [-0.15, -0.1) is 0 Å². The average Bonchev–Trinajstić information content (AvgIpc) is 3.01. The molecule has 3 N–H and O–H groups in total. The molecule has 0 saturated heterocycles. The first-order valence-corrected chi connectivity index (χ1v) is 10.1. The highest BCUT2D eigenvalue weighted by molar-refractivity contribution is 6.38. The lowest BCUT2D eigenvalue weighted by Gasteiger charge is -2.40. The Morgan fingerprint density at radius 1 is 1.00 bits per heavy atom. The zero-order valence-corrected chi connectivity index (χ0v) is 17.2. The van der Waals surface area contributed by atoms with Crippen LogP contribution in [-0.4, -0.2) is 41.3 Å². The zero-order valence-electron chi connectivity index (χ0n) is 17.2. The van der Waals surface area contributed by atoms with E-state index in [-0.39, 0.29) is 25.7 Å². The van der Waals surface area contributed by atoms with Crippen molar-refractivity contribution in [2.45, 2.75) is 89.5 Å². The maximum absolute atomic E-state index is 15.1. The summed E-state index contributed by atoms with van der Waals surface area (Å²) in [6, 6.07) is -1.53. The van der Waals surface area contributed by atoms with Crippen LogP contribution < -0.4 is 11.1 Å². The van der Waals surface area contributed by atoms with Crippen molar-refractivity contribution in [3.05, 3.63) is 0 Å². The number of carbonyl (C=O) groups is 4. The molecule has 2 rings (SSSR count). The van der Waals surface area contributed by atoms with E-state index in [1.54, 1.807) is 0 Å². The van der Waals surface area contributed by atoms with E-state index in [1.165, 1.54) is 0 Å². The molecule has 2 aliphatic rings. The van der Waals surface area contributed by atoms with E-state index in [2.05, 4.69) is 5.32 Å². The van der Waals surface area contributed by atoms with Crippen LogP contribution in [0.25, 0.3) is 0 Å². The monoisotopic (exact) mass is 436 g/mol. The third kappa shape index (κ3) is 4.83. The number of hydrogen-bond acceptors (Lipinski definition) is 4. The Hall–Kier alpha value is -2.00. The van der Waals surface area contributed by atoms with E-state index in [9.17, 15) is 32.3 Å².